The predicted molar refractivity (Wildman–Crippen MR) is 100 cm³/mol. The number of aliphatic hydroxyl groups is 1. The zero-order chi connectivity index (χ0) is 21.1. The molecule has 1 saturated heterocycles. The molecule has 6 nitrogen and oxygen atoms in total. The highest BCUT2D eigenvalue weighted by molar-refractivity contribution is 6.67. The number of rotatable bonds is 5. The summed E-state index contributed by atoms with van der Waals surface area (Å²) in [6.45, 7) is 0.672. The van der Waals surface area contributed by atoms with Crippen LogP contribution in [-0.4, -0.2) is 48.0 Å². The molecule has 1 unspecified atom stereocenters. The van der Waals surface area contributed by atoms with Crippen molar-refractivity contribution in [2.45, 2.75) is 28.9 Å². The normalized spacial score (nSPS) is 16.2. The van der Waals surface area contributed by atoms with Gasteiger partial charge in [-0.05, 0) is 36.6 Å². The number of hydroxylamine groups is 1. The molecule has 1 aliphatic heterocycles. The molecule has 158 valence electrons. The van der Waals surface area contributed by atoms with Crippen molar-refractivity contribution in [1.29, 1.82) is 0 Å². The van der Waals surface area contributed by atoms with E-state index in [1.807, 2.05) is 4.90 Å². The quantitative estimate of drug-likeness (QED) is 0.502. The molecule has 2 rings (SSSR count). The lowest BCUT2D eigenvalue weighted by Gasteiger charge is -2.26. The van der Waals surface area contributed by atoms with Crippen LogP contribution in [0, 0.1) is 0 Å². The first-order valence-electron chi connectivity index (χ1n) is 8.15. The third-order valence-electron chi connectivity index (χ3n) is 3.96. The first kappa shape index (κ1) is 23.2. The number of hydrogen-bond acceptors (Lipinski definition) is 5. The number of amides is 1. The van der Waals surface area contributed by atoms with Gasteiger partial charge in [-0.25, -0.2) is 4.79 Å². The number of alkyl halides is 6. The van der Waals surface area contributed by atoms with Crippen molar-refractivity contribution < 1.29 is 32.6 Å². The molecule has 1 aliphatic rings. The van der Waals surface area contributed by atoms with E-state index in [0.29, 0.717) is 23.8 Å². The highest BCUT2D eigenvalue weighted by Gasteiger charge is 2.40. The van der Waals surface area contributed by atoms with Crippen LogP contribution in [0.2, 0.25) is 0 Å². The highest BCUT2D eigenvalue weighted by Crippen LogP contribution is 2.37. The fourth-order valence-corrected chi connectivity index (χ4v) is 2.89. The second-order valence-electron chi connectivity index (χ2n) is 6.07. The Morgan fingerprint density at radius 1 is 1.25 bits per heavy atom. The molecule has 0 aliphatic carbocycles. The molecule has 0 radical (unpaired) electrons. The zero-order valence-corrected chi connectivity index (χ0v) is 16.9. The molecule has 1 fully saturated rings. The lowest BCUT2D eigenvalue weighted by Crippen LogP contribution is -2.33. The van der Waals surface area contributed by atoms with E-state index in [-0.39, 0.29) is 5.69 Å². The van der Waals surface area contributed by atoms with Crippen LogP contribution in [0.4, 0.5) is 29.3 Å². The number of hydrogen-bond donors (Lipinski definition) is 1. The van der Waals surface area contributed by atoms with Crippen molar-refractivity contribution in [3.8, 4) is 0 Å². The molecule has 0 saturated carbocycles. The Kier molecular flexibility index (Phi) is 7.55. The van der Waals surface area contributed by atoms with Gasteiger partial charge in [-0.3, -0.25) is 4.84 Å². The van der Waals surface area contributed by atoms with Crippen LogP contribution < -0.4 is 9.96 Å². The summed E-state index contributed by atoms with van der Waals surface area (Å²) >= 11 is 16.6. The van der Waals surface area contributed by atoms with Crippen molar-refractivity contribution in [3.63, 3.8) is 0 Å². The smallest absolute Gasteiger partial charge is 0.438 e. The summed E-state index contributed by atoms with van der Waals surface area (Å²) in [6.07, 6.45) is -6.96. The van der Waals surface area contributed by atoms with Gasteiger partial charge < -0.3 is 14.7 Å². The SMILES string of the molecule is CON(C(=O)OCC(Cl)(Cl)Cl)c1cc(C(O)C(F)(F)F)cc(N2CCCC2)c1. The first-order valence-corrected chi connectivity index (χ1v) is 9.28. The molecular weight excluding hydrogens is 448 g/mol. The fraction of sp³-hybridized carbons (Fsp3) is 0.562. The number of nitrogens with zero attached hydrogens (tertiary/aromatic N) is 2. The Labute approximate surface area is 174 Å². The van der Waals surface area contributed by atoms with Gasteiger partial charge in [0.2, 0.25) is 3.79 Å². The second-order valence-corrected chi connectivity index (χ2v) is 8.58. The summed E-state index contributed by atoms with van der Waals surface area (Å²) in [7, 11) is 1.12. The van der Waals surface area contributed by atoms with E-state index in [2.05, 4.69) is 0 Å². The van der Waals surface area contributed by atoms with Crippen molar-refractivity contribution in [2.75, 3.05) is 36.8 Å². The molecule has 28 heavy (non-hydrogen) atoms. The number of carbonyl (C=O) groups is 1. The Balaban J connectivity index is 2.39. The summed E-state index contributed by atoms with van der Waals surface area (Å²) in [5.41, 5.74) is -0.104. The summed E-state index contributed by atoms with van der Waals surface area (Å²) in [4.78, 5) is 19.0. The van der Waals surface area contributed by atoms with Crippen molar-refractivity contribution in [2.24, 2.45) is 0 Å². The van der Waals surface area contributed by atoms with Crippen LogP contribution in [-0.2, 0) is 9.57 Å². The molecule has 0 aromatic heterocycles. The van der Waals surface area contributed by atoms with E-state index in [1.54, 1.807) is 0 Å². The minimum atomic E-state index is -4.88. The molecule has 12 heteroatoms. The van der Waals surface area contributed by atoms with Gasteiger partial charge in [-0.1, -0.05) is 34.8 Å². The Morgan fingerprint density at radius 2 is 1.86 bits per heavy atom. The number of anilines is 2. The van der Waals surface area contributed by atoms with Crippen molar-refractivity contribution in [1.82, 2.24) is 0 Å². The topological polar surface area (TPSA) is 62.2 Å². The maximum atomic E-state index is 13.0. The lowest BCUT2D eigenvalue weighted by atomic mass is 10.1. The van der Waals surface area contributed by atoms with Crippen LogP contribution in [0.1, 0.15) is 24.5 Å². The second kappa shape index (κ2) is 9.13. The minimum Gasteiger partial charge on any atom is -0.443 e. The fourth-order valence-electron chi connectivity index (χ4n) is 2.73. The number of aliphatic hydroxyl groups excluding tert-OH is 1. The molecule has 0 bridgehead atoms. The highest BCUT2D eigenvalue weighted by atomic mass is 35.6. The van der Waals surface area contributed by atoms with Gasteiger partial charge >= 0.3 is 12.3 Å². The van der Waals surface area contributed by atoms with Crippen LogP contribution >= 0.6 is 34.8 Å². The molecule has 1 aromatic carbocycles. The molecule has 1 atom stereocenters. The number of halogens is 6. The van der Waals surface area contributed by atoms with Gasteiger partial charge in [0.25, 0.3) is 0 Å². The maximum absolute atomic E-state index is 13.0. The van der Waals surface area contributed by atoms with E-state index < -0.39 is 34.3 Å². The van der Waals surface area contributed by atoms with Crippen LogP contribution in [0.5, 0.6) is 0 Å². The van der Waals surface area contributed by atoms with Gasteiger partial charge in [0, 0.05) is 18.8 Å². The minimum absolute atomic E-state index is 0.0699. The van der Waals surface area contributed by atoms with E-state index in [0.717, 1.165) is 26.0 Å². The van der Waals surface area contributed by atoms with Gasteiger partial charge in [0.1, 0.15) is 6.61 Å². The molecular formula is C16H18Cl3F3N2O4. The largest absolute Gasteiger partial charge is 0.443 e. The Morgan fingerprint density at radius 3 is 2.36 bits per heavy atom. The summed E-state index contributed by atoms with van der Waals surface area (Å²) in [6, 6.07) is 3.67. The Bertz CT molecular complexity index is 695. The van der Waals surface area contributed by atoms with E-state index in [9.17, 15) is 23.1 Å². The van der Waals surface area contributed by atoms with Crippen molar-refractivity contribution >= 4 is 52.3 Å². The van der Waals surface area contributed by atoms with E-state index in [4.69, 9.17) is 44.4 Å². The zero-order valence-electron chi connectivity index (χ0n) is 14.7. The maximum Gasteiger partial charge on any atom is 0.438 e. The summed E-state index contributed by atoms with van der Waals surface area (Å²) < 4.78 is 42.0. The Hall–Kier alpha value is -1.13. The van der Waals surface area contributed by atoms with Crippen LogP contribution in [0.15, 0.2) is 18.2 Å². The third kappa shape index (κ3) is 6.18. The first-order chi connectivity index (χ1) is 12.9. The summed E-state index contributed by atoms with van der Waals surface area (Å²) in [5, 5.41) is 10.3. The monoisotopic (exact) mass is 464 g/mol. The standard InChI is InChI=1S/C16H18Cl3F3N2O4/c1-27-24(14(26)28-9-15(17,18)19)12-7-10(13(25)16(20,21)22)6-11(8-12)23-4-2-3-5-23/h6-8,13,25H,2-5,9H2,1H3. The van der Waals surface area contributed by atoms with Crippen LogP contribution in [0.25, 0.3) is 0 Å². The van der Waals surface area contributed by atoms with Gasteiger partial charge in [-0.2, -0.15) is 18.2 Å². The van der Waals surface area contributed by atoms with E-state index >= 15 is 0 Å². The molecule has 1 N–H and O–H groups in total. The van der Waals surface area contributed by atoms with Crippen molar-refractivity contribution in [3.05, 3.63) is 23.8 Å². The lowest BCUT2D eigenvalue weighted by molar-refractivity contribution is -0.206. The molecule has 1 aromatic rings. The van der Waals surface area contributed by atoms with Gasteiger partial charge in [-0.15, -0.1) is 0 Å². The molecule has 1 amide bonds. The molecule has 0 spiro atoms. The average molecular weight is 466 g/mol. The van der Waals surface area contributed by atoms with Gasteiger partial charge in [0.15, 0.2) is 6.10 Å². The third-order valence-corrected chi connectivity index (χ3v) is 4.29. The molecule has 1 heterocycles. The average Bonchev–Trinajstić information content (AvgIpc) is 3.13. The number of ether oxygens (including phenoxy) is 1. The predicted octanol–water partition coefficient (Wildman–Crippen LogP) is 4.76. The van der Waals surface area contributed by atoms with Crippen LogP contribution in [0.3, 0.4) is 0 Å². The van der Waals surface area contributed by atoms with Gasteiger partial charge in [0.05, 0.1) is 12.8 Å². The number of benzene rings is 1. The van der Waals surface area contributed by atoms with E-state index in [1.165, 1.54) is 12.1 Å². The number of carbonyl (C=O) groups excluding carboxylic acids is 1. The summed E-state index contributed by atoms with van der Waals surface area (Å²) in [5.74, 6) is 0.